The van der Waals surface area contributed by atoms with Crippen LogP contribution in [0.25, 0.3) is 0 Å². The van der Waals surface area contributed by atoms with Crippen LogP contribution in [-0.2, 0) is 15.5 Å². The second-order valence-corrected chi connectivity index (χ2v) is 6.77. The van der Waals surface area contributed by atoms with Crippen molar-refractivity contribution in [2.24, 2.45) is 0 Å². The van der Waals surface area contributed by atoms with E-state index in [1.165, 1.54) is 6.92 Å². The topological polar surface area (TPSA) is 59.9 Å². The fourth-order valence-electron chi connectivity index (χ4n) is 0.801. The van der Waals surface area contributed by atoms with Gasteiger partial charge < -0.3 is 0 Å². The van der Waals surface area contributed by atoms with E-state index >= 15 is 0 Å². The summed E-state index contributed by atoms with van der Waals surface area (Å²) in [6.07, 6.45) is 3.35. The van der Waals surface area contributed by atoms with Crippen LogP contribution in [0.2, 0.25) is 0 Å². The molecule has 0 radical (unpaired) electrons. The summed E-state index contributed by atoms with van der Waals surface area (Å²) in [7, 11) is 1.64. The Balaban J connectivity index is 2.75. The van der Waals surface area contributed by atoms with Crippen LogP contribution >= 0.6 is 26.6 Å². The van der Waals surface area contributed by atoms with Crippen LogP contribution in [-0.4, -0.2) is 23.6 Å². The van der Waals surface area contributed by atoms with Crippen LogP contribution in [0, 0.1) is 0 Å². The van der Waals surface area contributed by atoms with Crippen LogP contribution in [0.1, 0.15) is 12.7 Å². The first-order chi connectivity index (χ1) is 6.39. The Bertz CT molecular complexity index is 406. The average Bonchev–Trinajstić information content (AvgIpc) is 2.07. The van der Waals surface area contributed by atoms with Crippen molar-refractivity contribution in [2.75, 3.05) is 0 Å². The molecule has 78 valence electrons. The van der Waals surface area contributed by atoms with Gasteiger partial charge in [-0.1, -0.05) is 0 Å². The van der Waals surface area contributed by atoms with E-state index in [2.05, 4.69) is 25.9 Å². The molecule has 1 aromatic rings. The molecule has 0 aliphatic heterocycles. The third kappa shape index (κ3) is 3.51. The highest BCUT2D eigenvalue weighted by atomic mass is 79.9. The van der Waals surface area contributed by atoms with E-state index < -0.39 is 14.3 Å². The average molecular weight is 300 g/mol. The zero-order chi connectivity index (χ0) is 10.8. The van der Waals surface area contributed by atoms with Gasteiger partial charge in [-0.05, 0) is 22.9 Å². The van der Waals surface area contributed by atoms with E-state index in [0.29, 0.717) is 5.82 Å². The van der Waals surface area contributed by atoms with Gasteiger partial charge in [0.1, 0.15) is 5.82 Å². The van der Waals surface area contributed by atoms with Crippen LogP contribution < -0.4 is 0 Å². The molecule has 1 rings (SSSR count). The molecule has 1 unspecified atom stereocenters. The van der Waals surface area contributed by atoms with Gasteiger partial charge in [-0.2, -0.15) is 0 Å². The molecule has 1 aromatic heterocycles. The molecule has 0 bridgehead atoms. The maximum Gasteiger partial charge on any atom is 0.235 e. The highest BCUT2D eigenvalue weighted by Gasteiger charge is 2.18. The number of aromatic nitrogens is 2. The van der Waals surface area contributed by atoms with Crippen molar-refractivity contribution in [1.29, 1.82) is 0 Å². The summed E-state index contributed by atoms with van der Waals surface area (Å²) in [5.41, 5.74) is 0. The molecule has 0 saturated heterocycles. The van der Waals surface area contributed by atoms with Gasteiger partial charge in [-0.3, -0.25) is 0 Å². The molecule has 0 aromatic carbocycles. The van der Waals surface area contributed by atoms with Gasteiger partial charge in [0, 0.05) is 29.5 Å². The van der Waals surface area contributed by atoms with E-state index in [4.69, 9.17) is 10.7 Å². The first-order valence-corrected chi connectivity index (χ1v) is 6.96. The number of hydrogen-bond acceptors (Lipinski definition) is 4. The summed E-state index contributed by atoms with van der Waals surface area (Å²) in [4.78, 5) is 7.90. The fourth-order valence-corrected chi connectivity index (χ4v) is 1.54. The molecule has 4 nitrogen and oxygen atoms in total. The maximum absolute atomic E-state index is 10.9. The lowest BCUT2D eigenvalue weighted by Crippen LogP contribution is -2.16. The monoisotopic (exact) mass is 298 g/mol. The Hall–Kier alpha value is -0.200. The standard InChI is InChI=1S/C7H8BrClN2O2S/c1-5(14(9,12)13)2-7-10-3-6(8)4-11-7/h3-5H,2H2,1H3. The Kier molecular flexibility index (Phi) is 3.86. The molecule has 0 aliphatic rings. The number of halogens is 2. The molecule has 1 atom stereocenters. The van der Waals surface area contributed by atoms with E-state index in [1.807, 2.05) is 0 Å². The third-order valence-electron chi connectivity index (χ3n) is 1.62. The van der Waals surface area contributed by atoms with E-state index in [-0.39, 0.29) is 6.42 Å². The quantitative estimate of drug-likeness (QED) is 0.798. The van der Waals surface area contributed by atoms with Crippen molar-refractivity contribution < 1.29 is 8.42 Å². The normalized spacial score (nSPS) is 13.9. The predicted molar refractivity (Wildman–Crippen MR) is 57.7 cm³/mol. The molecule has 7 heteroatoms. The van der Waals surface area contributed by atoms with Crippen molar-refractivity contribution in [1.82, 2.24) is 9.97 Å². The minimum absolute atomic E-state index is 0.221. The first-order valence-electron chi connectivity index (χ1n) is 3.79. The second kappa shape index (κ2) is 4.55. The third-order valence-corrected chi connectivity index (χ3v) is 4.07. The van der Waals surface area contributed by atoms with Crippen molar-refractivity contribution in [3.8, 4) is 0 Å². The largest absolute Gasteiger partial charge is 0.240 e. The summed E-state index contributed by atoms with van der Waals surface area (Å²) in [5.74, 6) is 0.463. The van der Waals surface area contributed by atoms with Gasteiger partial charge in [-0.25, -0.2) is 18.4 Å². The smallest absolute Gasteiger partial charge is 0.235 e. The molecule has 0 aliphatic carbocycles. The van der Waals surface area contributed by atoms with E-state index in [0.717, 1.165) is 4.47 Å². The molecule has 0 spiro atoms. The summed E-state index contributed by atoms with van der Waals surface area (Å²) >= 11 is 3.18. The summed E-state index contributed by atoms with van der Waals surface area (Å²) in [6.45, 7) is 1.52. The molecule has 0 amide bonds. The van der Waals surface area contributed by atoms with Gasteiger partial charge in [0.2, 0.25) is 9.05 Å². The van der Waals surface area contributed by atoms with Gasteiger partial charge in [0.25, 0.3) is 0 Å². The Labute approximate surface area is 95.3 Å². The zero-order valence-electron chi connectivity index (χ0n) is 7.31. The van der Waals surface area contributed by atoms with Gasteiger partial charge in [0.15, 0.2) is 0 Å². The van der Waals surface area contributed by atoms with Gasteiger partial charge >= 0.3 is 0 Å². The van der Waals surface area contributed by atoms with E-state index in [9.17, 15) is 8.42 Å². The predicted octanol–water partition coefficient (Wildman–Crippen LogP) is 1.74. The summed E-state index contributed by atoms with van der Waals surface area (Å²) in [6, 6.07) is 0. The molecule has 0 N–H and O–H groups in total. The van der Waals surface area contributed by atoms with Gasteiger partial charge in [0.05, 0.1) is 9.72 Å². The van der Waals surface area contributed by atoms with E-state index in [1.54, 1.807) is 12.4 Å². The molecular weight excluding hydrogens is 292 g/mol. The zero-order valence-corrected chi connectivity index (χ0v) is 10.5. The first kappa shape index (κ1) is 11.9. The number of nitrogens with zero attached hydrogens (tertiary/aromatic N) is 2. The molecule has 1 heterocycles. The molecule has 0 saturated carbocycles. The van der Waals surface area contributed by atoms with Crippen molar-refractivity contribution >= 4 is 35.7 Å². The Morgan fingerprint density at radius 2 is 2.00 bits per heavy atom. The van der Waals surface area contributed by atoms with Crippen molar-refractivity contribution in [2.45, 2.75) is 18.6 Å². The lowest BCUT2D eigenvalue weighted by molar-refractivity contribution is 0.595. The molecule has 14 heavy (non-hydrogen) atoms. The Morgan fingerprint density at radius 3 is 2.43 bits per heavy atom. The number of hydrogen-bond donors (Lipinski definition) is 0. The fraction of sp³-hybridized carbons (Fsp3) is 0.429. The SMILES string of the molecule is CC(Cc1ncc(Br)cn1)S(=O)(=O)Cl. The van der Waals surface area contributed by atoms with Crippen LogP contribution in [0.3, 0.4) is 0 Å². The van der Waals surface area contributed by atoms with Crippen LogP contribution in [0.5, 0.6) is 0 Å². The maximum atomic E-state index is 10.9. The highest BCUT2D eigenvalue weighted by molar-refractivity contribution is 9.10. The van der Waals surface area contributed by atoms with Crippen LogP contribution in [0.4, 0.5) is 0 Å². The van der Waals surface area contributed by atoms with Crippen LogP contribution in [0.15, 0.2) is 16.9 Å². The lowest BCUT2D eigenvalue weighted by atomic mass is 10.3. The summed E-state index contributed by atoms with van der Waals surface area (Å²) < 4.78 is 22.6. The minimum Gasteiger partial charge on any atom is -0.240 e. The van der Waals surface area contributed by atoms with Gasteiger partial charge in [-0.15, -0.1) is 0 Å². The minimum atomic E-state index is -3.53. The highest BCUT2D eigenvalue weighted by Crippen LogP contribution is 2.12. The molecule has 0 fully saturated rings. The number of rotatable bonds is 3. The molecular formula is C7H8BrClN2O2S. The second-order valence-electron chi connectivity index (χ2n) is 2.81. The van der Waals surface area contributed by atoms with Crippen molar-refractivity contribution in [3.05, 3.63) is 22.7 Å². The van der Waals surface area contributed by atoms with Crippen molar-refractivity contribution in [3.63, 3.8) is 0 Å². The summed E-state index contributed by atoms with van der Waals surface area (Å²) in [5, 5.41) is -0.676. The Morgan fingerprint density at radius 1 is 1.50 bits per heavy atom. The lowest BCUT2D eigenvalue weighted by Gasteiger charge is -2.05.